The molecule has 0 spiro atoms. The fraction of sp³-hybridized carbons (Fsp3) is 0.387. The Morgan fingerprint density at radius 3 is 2.29 bits per heavy atom. The Hall–Kier alpha value is -4.46. The fourth-order valence-electron chi connectivity index (χ4n) is 3.66. The highest BCUT2D eigenvalue weighted by Gasteiger charge is 2.61. The SMILES string of the molecule is C=CN.C=Cc1cc(C)cc(C)c1/C=C/C(CN=N/N=C(\N)C(F)(F)C(F)(F)F)=N\Nc1ncccc1C.CNC(C)C1CC1. The predicted molar refractivity (Wildman–Crippen MR) is 173 cm³/mol. The Kier molecular flexibility index (Phi) is 15.7. The molecule has 1 saturated carbocycles. The summed E-state index contributed by atoms with van der Waals surface area (Å²) in [6.45, 7) is 14.6. The maximum atomic E-state index is 13.2. The van der Waals surface area contributed by atoms with Crippen molar-refractivity contribution in [1.82, 2.24) is 10.3 Å². The van der Waals surface area contributed by atoms with E-state index < -0.39 is 17.9 Å². The van der Waals surface area contributed by atoms with Crippen LogP contribution >= 0.6 is 0 Å². The lowest BCUT2D eigenvalue weighted by atomic mass is 9.98. The van der Waals surface area contributed by atoms with Crippen LogP contribution in [0.1, 0.15) is 47.6 Å². The van der Waals surface area contributed by atoms with Gasteiger partial charge in [-0.3, -0.25) is 5.43 Å². The molecule has 0 amide bonds. The van der Waals surface area contributed by atoms with Gasteiger partial charge in [0, 0.05) is 12.2 Å². The number of hydrogen-bond donors (Lipinski definition) is 4. The average molecular weight is 636 g/mol. The van der Waals surface area contributed by atoms with Gasteiger partial charge in [0.15, 0.2) is 0 Å². The number of alkyl halides is 5. The molecule has 0 aliphatic heterocycles. The van der Waals surface area contributed by atoms with Gasteiger partial charge in [-0.15, -0.1) is 5.10 Å². The van der Waals surface area contributed by atoms with Crippen molar-refractivity contribution < 1.29 is 22.0 Å². The van der Waals surface area contributed by atoms with Crippen molar-refractivity contribution in [2.45, 2.75) is 58.7 Å². The summed E-state index contributed by atoms with van der Waals surface area (Å²) < 4.78 is 63.4. The minimum absolute atomic E-state index is 0.255. The molecule has 1 atom stereocenters. The first-order valence-corrected chi connectivity index (χ1v) is 13.9. The molecule has 6 N–H and O–H groups in total. The van der Waals surface area contributed by atoms with E-state index in [1.54, 1.807) is 30.5 Å². The largest absolute Gasteiger partial charge is 0.461 e. The van der Waals surface area contributed by atoms with Crippen LogP contribution in [0.3, 0.4) is 0 Å². The van der Waals surface area contributed by atoms with Gasteiger partial charge in [0.05, 0.1) is 5.71 Å². The summed E-state index contributed by atoms with van der Waals surface area (Å²) in [4.78, 5) is 4.15. The lowest BCUT2D eigenvalue weighted by Crippen LogP contribution is -2.48. The normalized spacial score (nSPS) is 14.7. The third kappa shape index (κ3) is 13.0. The van der Waals surface area contributed by atoms with Crippen LogP contribution in [0.25, 0.3) is 12.2 Å². The van der Waals surface area contributed by atoms with E-state index in [0.29, 0.717) is 5.82 Å². The first-order chi connectivity index (χ1) is 21.1. The Morgan fingerprint density at radius 1 is 1.13 bits per heavy atom. The third-order valence-electron chi connectivity index (χ3n) is 6.45. The van der Waals surface area contributed by atoms with Crippen LogP contribution in [0.5, 0.6) is 0 Å². The maximum Gasteiger partial charge on any atom is 0.461 e. The molecule has 3 rings (SSSR count). The molecule has 1 heterocycles. The molecule has 1 aromatic heterocycles. The molecule has 1 aromatic carbocycles. The summed E-state index contributed by atoms with van der Waals surface area (Å²) in [7, 11) is 2.03. The molecule has 14 heteroatoms. The predicted octanol–water partition coefficient (Wildman–Crippen LogP) is 7.15. The highest BCUT2D eigenvalue weighted by Crippen LogP contribution is 2.35. The van der Waals surface area contributed by atoms with Gasteiger partial charge in [0.25, 0.3) is 0 Å². The van der Waals surface area contributed by atoms with Crippen molar-refractivity contribution in [3.63, 3.8) is 0 Å². The summed E-state index contributed by atoms with van der Waals surface area (Å²) in [6, 6.07) is 8.25. The van der Waals surface area contributed by atoms with Gasteiger partial charge in [-0.25, -0.2) is 4.98 Å². The van der Waals surface area contributed by atoms with Crippen molar-refractivity contribution in [2.24, 2.45) is 37.9 Å². The first kappa shape index (κ1) is 38.6. The molecule has 45 heavy (non-hydrogen) atoms. The molecule has 0 radical (unpaired) electrons. The van der Waals surface area contributed by atoms with Crippen molar-refractivity contribution in [3.8, 4) is 0 Å². The average Bonchev–Trinajstić information content (AvgIpc) is 3.83. The number of hydrogen-bond acceptors (Lipinski definition) is 7. The summed E-state index contributed by atoms with van der Waals surface area (Å²) in [5.41, 5.74) is 16.9. The van der Waals surface area contributed by atoms with E-state index in [0.717, 1.165) is 39.8 Å². The number of aromatic nitrogens is 1. The van der Waals surface area contributed by atoms with Crippen LogP contribution in [0.2, 0.25) is 0 Å². The Bertz CT molecular complexity index is 1380. The zero-order valence-corrected chi connectivity index (χ0v) is 26.2. The van der Waals surface area contributed by atoms with Crippen LogP contribution in [0.4, 0.5) is 27.8 Å². The maximum absolute atomic E-state index is 13.2. The van der Waals surface area contributed by atoms with Crippen molar-refractivity contribution in [2.75, 3.05) is 19.0 Å². The van der Waals surface area contributed by atoms with E-state index in [9.17, 15) is 22.0 Å². The molecule has 9 nitrogen and oxygen atoms in total. The minimum atomic E-state index is -5.90. The summed E-state index contributed by atoms with van der Waals surface area (Å²) in [5, 5.41) is 16.7. The number of pyridine rings is 1. The van der Waals surface area contributed by atoms with Gasteiger partial charge >= 0.3 is 12.1 Å². The second-order valence-corrected chi connectivity index (χ2v) is 10.1. The van der Waals surface area contributed by atoms with Crippen LogP contribution in [-0.4, -0.2) is 48.3 Å². The van der Waals surface area contributed by atoms with Gasteiger partial charge < -0.3 is 16.8 Å². The van der Waals surface area contributed by atoms with Gasteiger partial charge in [0.1, 0.15) is 12.4 Å². The zero-order valence-electron chi connectivity index (χ0n) is 26.2. The van der Waals surface area contributed by atoms with Gasteiger partial charge in [0.2, 0.25) is 5.84 Å². The number of amidine groups is 1. The molecule has 2 aromatic rings. The van der Waals surface area contributed by atoms with E-state index in [-0.39, 0.29) is 12.3 Å². The van der Waals surface area contributed by atoms with Crippen molar-refractivity contribution in [3.05, 3.63) is 83.7 Å². The number of rotatable bonds is 11. The Morgan fingerprint density at radius 2 is 1.78 bits per heavy atom. The van der Waals surface area contributed by atoms with E-state index in [4.69, 9.17) is 5.73 Å². The highest BCUT2D eigenvalue weighted by atomic mass is 19.4. The lowest BCUT2D eigenvalue weighted by Gasteiger charge is -2.17. The Balaban J connectivity index is 0.000000862. The second kappa shape index (κ2) is 18.4. The molecule has 0 bridgehead atoms. The topological polar surface area (TPSA) is 138 Å². The van der Waals surface area contributed by atoms with Gasteiger partial charge in [-0.05, 0) is 99.3 Å². The molecule has 1 fully saturated rings. The number of nitrogens with two attached hydrogens (primary N) is 2. The zero-order chi connectivity index (χ0) is 34.2. The van der Waals surface area contributed by atoms with E-state index in [1.165, 1.54) is 19.0 Å². The van der Waals surface area contributed by atoms with E-state index >= 15 is 0 Å². The smallest absolute Gasteiger partial charge is 0.405 e. The minimum Gasteiger partial charge on any atom is -0.405 e. The summed E-state index contributed by atoms with van der Waals surface area (Å²) in [6.07, 6.45) is 4.85. The van der Waals surface area contributed by atoms with Crippen molar-refractivity contribution in [1.29, 1.82) is 0 Å². The monoisotopic (exact) mass is 635 g/mol. The molecule has 0 saturated heterocycles. The Labute approximate surface area is 261 Å². The standard InChI is InChI=1S/C23H24F5N7.C6H13N.C2H5N/c1-5-17-12-14(2)11-16(4)19(17)9-8-18(32-33-20-15(3)7-6-10-30-20)13-31-35-34-21(29)22(24,25)23(26,27)28;1-5(7-2)6-3-4-6;1-2-3/h5-12H,1,13H2,2-4H3,(H,30,33)(H2,29,31,34);5-7H,3-4H2,1-2H3;2H,1,3H2/b9-8+,32-18+;;. The first-order valence-electron chi connectivity index (χ1n) is 13.9. The lowest BCUT2D eigenvalue weighted by molar-refractivity contribution is -0.249. The number of hydrazone groups is 1. The van der Waals surface area contributed by atoms with Gasteiger partial charge in [-0.2, -0.15) is 32.2 Å². The molecule has 1 aliphatic rings. The second-order valence-electron chi connectivity index (χ2n) is 10.1. The molecular weight excluding hydrogens is 593 g/mol. The van der Waals surface area contributed by atoms with Crippen LogP contribution in [-0.2, 0) is 0 Å². The third-order valence-corrected chi connectivity index (χ3v) is 6.45. The quantitative estimate of drug-likeness (QED) is 0.0683. The van der Waals surface area contributed by atoms with Crippen LogP contribution < -0.4 is 22.2 Å². The number of aryl methyl sites for hydroxylation is 3. The summed E-state index contributed by atoms with van der Waals surface area (Å²) in [5.74, 6) is -5.88. The van der Waals surface area contributed by atoms with Crippen LogP contribution in [0, 0.1) is 26.7 Å². The van der Waals surface area contributed by atoms with E-state index in [1.807, 2.05) is 46.0 Å². The molecular formula is C31H42F5N9. The molecule has 1 unspecified atom stereocenters. The number of nitrogens with zero attached hydrogens (tertiary/aromatic N) is 5. The van der Waals surface area contributed by atoms with Crippen LogP contribution in [0.15, 0.2) is 76.4 Å². The molecule has 1 aliphatic carbocycles. The van der Waals surface area contributed by atoms with E-state index in [2.05, 4.69) is 62.1 Å². The number of benzene rings is 1. The molecule has 246 valence electrons. The van der Waals surface area contributed by atoms with Crippen molar-refractivity contribution >= 4 is 29.5 Å². The summed E-state index contributed by atoms with van der Waals surface area (Å²) >= 11 is 0. The number of anilines is 1. The number of halogens is 5. The fourth-order valence-corrected chi connectivity index (χ4v) is 3.66. The van der Waals surface area contributed by atoms with Gasteiger partial charge in [-0.1, -0.05) is 49.1 Å². The number of nitrogens with one attached hydrogen (secondary N) is 2. The highest BCUT2D eigenvalue weighted by molar-refractivity contribution is 6.00.